The van der Waals surface area contributed by atoms with Crippen molar-refractivity contribution in [1.82, 2.24) is 9.55 Å². The van der Waals surface area contributed by atoms with Gasteiger partial charge in [0.25, 0.3) is 5.56 Å². The molecule has 0 unspecified atom stereocenters. The Morgan fingerprint density at radius 2 is 2.15 bits per heavy atom. The Hall–Kier alpha value is -1.99. The van der Waals surface area contributed by atoms with Crippen LogP contribution < -0.4 is 5.56 Å². The lowest BCUT2D eigenvalue weighted by atomic mass is 9.98. The second-order valence-electron chi connectivity index (χ2n) is 6.66. The van der Waals surface area contributed by atoms with E-state index < -0.39 is 0 Å². The Labute approximate surface area is 159 Å². The summed E-state index contributed by atoms with van der Waals surface area (Å²) in [6.07, 6.45) is 6.87. The van der Waals surface area contributed by atoms with Crippen LogP contribution in [0.1, 0.15) is 52.2 Å². The third kappa shape index (κ3) is 3.33. The van der Waals surface area contributed by atoms with Crippen molar-refractivity contribution in [2.45, 2.75) is 51.7 Å². The number of nitrogens with zero attached hydrogens (tertiary/aromatic N) is 2. The van der Waals surface area contributed by atoms with E-state index in [1.54, 1.807) is 22.2 Å². The number of esters is 1. The summed E-state index contributed by atoms with van der Waals surface area (Å²) in [4.78, 5) is 32.1. The zero-order valence-corrected chi connectivity index (χ0v) is 16.2. The number of carbonyl (C=O) groups excluding carboxylic acids is 1. The molecule has 7 heteroatoms. The summed E-state index contributed by atoms with van der Waals surface area (Å²) in [6.45, 7) is 2.31. The smallest absolute Gasteiger partial charge is 0.348 e. The summed E-state index contributed by atoms with van der Waals surface area (Å²) in [7, 11) is 0. The van der Waals surface area contributed by atoms with E-state index in [4.69, 9.17) is 4.74 Å². The molecule has 1 aliphatic carbocycles. The number of aryl methyl sites for hydroxylation is 1. The fraction of sp³-hybridized carbons (Fsp3) is 0.421. The number of ether oxygens (including phenoxy) is 1. The molecule has 4 rings (SSSR count). The van der Waals surface area contributed by atoms with Crippen molar-refractivity contribution in [3.63, 3.8) is 0 Å². The second-order valence-corrected chi connectivity index (χ2v) is 8.69. The van der Waals surface area contributed by atoms with Crippen molar-refractivity contribution in [2.75, 3.05) is 0 Å². The summed E-state index contributed by atoms with van der Waals surface area (Å²) in [5, 5.41) is 2.52. The van der Waals surface area contributed by atoms with Gasteiger partial charge in [0.15, 0.2) is 0 Å². The van der Waals surface area contributed by atoms with E-state index in [-0.39, 0.29) is 17.6 Å². The fourth-order valence-electron chi connectivity index (χ4n) is 3.42. The predicted octanol–water partition coefficient (Wildman–Crippen LogP) is 4.37. The molecule has 0 spiro atoms. The van der Waals surface area contributed by atoms with Crippen LogP contribution in [0.3, 0.4) is 0 Å². The van der Waals surface area contributed by atoms with E-state index in [1.165, 1.54) is 17.8 Å². The lowest BCUT2D eigenvalue weighted by Crippen LogP contribution is -2.21. The molecule has 0 aliphatic heterocycles. The van der Waals surface area contributed by atoms with E-state index in [9.17, 15) is 9.59 Å². The average Bonchev–Trinajstić information content (AvgIpc) is 3.26. The monoisotopic (exact) mass is 388 g/mol. The minimum atomic E-state index is -0.318. The Morgan fingerprint density at radius 3 is 2.88 bits per heavy atom. The number of thiophene rings is 2. The molecule has 0 bridgehead atoms. The van der Waals surface area contributed by atoms with E-state index in [2.05, 4.69) is 4.98 Å². The molecule has 1 saturated carbocycles. The highest BCUT2D eigenvalue weighted by Gasteiger charge is 2.24. The van der Waals surface area contributed by atoms with Crippen LogP contribution in [0.4, 0.5) is 0 Å². The van der Waals surface area contributed by atoms with Crippen molar-refractivity contribution in [1.29, 1.82) is 0 Å². The highest BCUT2D eigenvalue weighted by atomic mass is 32.1. The molecule has 0 atom stereocenters. The quantitative estimate of drug-likeness (QED) is 0.623. The van der Waals surface area contributed by atoms with Gasteiger partial charge in [-0.1, -0.05) is 12.5 Å². The molecule has 3 heterocycles. The van der Waals surface area contributed by atoms with Gasteiger partial charge in [-0.3, -0.25) is 9.36 Å². The molecule has 0 aromatic carbocycles. The van der Waals surface area contributed by atoms with Gasteiger partial charge in [0.1, 0.15) is 15.8 Å². The van der Waals surface area contributed by atoms with Crippen molar-refractivity contribution >= 4 is 38.9 Å². The number of hydrogen-bond donors (Lipinski definition) is 0. The maximum absolute atomic E-state index is 12.9. The minimum Gasteiger partial charge on any atom is -0.458 e. The highest BCUT2D eigenvalue weighted by Crippen LogP contribution is 2.29. The molecule has 3 aromatic heterocycles. The van der Waals surface area contributed by atoms with E-state index in [0.717, 1.165) is 30.6 Å². The molecular weight excluding hydrogens is 368 g/mol. The van der Waals surface area contributed by atoms with Crippen LogP contribution in [-0.4, -0.2) is 21.6 Å². The van der Waals surface area contributed by atoms with Crippen LogP contribution in [0.25, 0.3) is 10.2 Å². The van der Waals surface area contributed by atoms with Gasteiger partial charge < -0.3 is 4.74 Å². The zero-order valence-electron chi connectivity index (χ0n) is 14.6. The summed E-state index contributed by atoms with van der Waals surface area (Å²) in [5.41, 5.74) is 0.581. The molecule has 0 radical (unpaired) electrons. The van der Waals surface area contributed by atoms with Gasteiger partial charge in [-0.05, 0) is 49.6 Å². The van der Waals surface area contributed by atoms with Gasteiger partial charge in [-0.2, -0.15) is 0 Å². The van der Waals surface area contributed by atoms with E-state index in [1.807, 2.05) is 24.4 Å². The first-order valence-corrected chi connectivity index (χ1v) is 10.5. The fourth-order valence-corrected chi connectivity index (χ4v) is 5.15. The van der Waals surface area contributed by atoms with E-state index in [0.29, 0.717) is 27.2 Å². The van der Waals surface area contributed by atoms with Gasteiger partial charge in [-0.25, -0.2) is 9.78 Å². The molecule has 5 nitrogen and oxygen atoms in total. The summed E-state index contributed by atoms with van der Waals surface area (Å²) < 4.78 is 7.28. The molecule has 0 amide bonds. The van der Waals surface area contributed by atoms with Crippen LogP contribution in [-0.2, 0) is 11.3 Å². The standard InChI is InChI=1S/C19H20N2O3S2/c1-12-15-17(20-11-21(18(15)22)10-14-8-5-9-25-14)26-16(12)19(23)24-13-6-3-2-4-7-13/h5,8-9,11,13H,2-4,6-7,10H2,1H3. The van der Waals surface area contributed by atoms with Crippen LogP contribution in [0, 0.1) is 6.92 Å². The predicted molar refractivity (Wildman–Crippen MR) is 104 cm³/mol. The maximum Gasteiger partial charge on any atom is 0.348 e. The first-order chi connectivity index (χ1) is 12.6. The molecule has 1 aliphatic rings. The maximum atomic E-state index is 12.9. The topological polar surface area (TPSA) is 61.2 Å². The number of fused-ring (bicyclic) bond motifs is 1. The molecular formula is C19H20N2O3S2. The third-order valence-electron chi connectivity index (χ3n) is 4.83. The molecule has 136 valence electrons. The summed E-state index contributed by atoms with van der Waals surface area (Å²) in [5.74, 6) is -0.318. The Kier molecular flexibility index (Phi) is 4.91. The normalized spacial score (nSPS) is 15.4. The minimum absolute atomic E-state index is 0.00399. The third-order valence-corrected chi connectivity index (χ3v) is 6.88. The first-order valence-electron chi connectivity index (χ1n) is 8.85. The summed E-state index contributed by atoms with van der Waals surface area (Å²) in [6, 6.07) is 3.96. The highest BCUT2D eigenvalue weighted by molar-refractivity contribution is 7.20. The number of hydrogen-bond acceptors (Lipinski definition) is 6. The molecule has 26 heavy (non-hydrogen) atoms. The summed E-state index contributed by atoms with van der Waals surface area (Å²) >= 11 is 2.86. The Balaban J connectivity index is 1.64. The molecule has 3 aromatic rings. The average molecular weight is 389 g/mol. The number of aromatic nitrogens is 2. The van der Waals surface area contributed by atoms with Crippen LogP contribution in [0.15, 0.2) is 28.6 Å². The molecule has 0 saturated heterocycles. The van der Waals surface area contributed by atoms with Crippen molar-refractivity contribution < 1.29 is 9.53 Å². The largest absolute Gasteiger partial charge is 0.458 e. The Bertz CT molecular complexity index is 982. The van der Waals surface area contributed by atoms with Gasteiger partial charge in [0, 0.05) is 4.88 Å². The number of rotatable bonds is 4. The molecule has 0 N–H and O–H groups in total. The van der Waals surface area contributed by atoms with Gasteiger partial charge in [0.2, 0.25) is 0 Å². The second kappa shape index (κ2) is 7.32. The van der Waals surface area contributed by atoms with Gasteiger partial charge >= 0.3 is 5.97 Å². The van der Waals surface area contributed by atoms with E-state index >= 15 is 0 Å². The lowest BCUT2D eigenvalue weighted by molar-refractivity contribution is 0.0216. The number of carbonyl (C=O) groups is 1. The van der Waals surface area contributed by atoms with Gasteiger partial charge in [0.05, 0.1) is 18.3 Å². The molecule has 1 fully saturated rings. The van der Waals surface area contributed by atoms with Crippen molar-refractivity contribution in [3.05, 3.63) is 49.5 Å². The van der Waals surface area contributed by atoms with Crippen LogP contribution in [0.2, 0.25) is 0 Å². The van der Waals surface area contributed by atoms with Crippen LogP contribution >= 0.6 is 22.7 Å². The van der Waals surface area contributed by atoms with Gasteiger partial charge in [-0.15, -0.1) is 22.7 Å². The zero-order chi connectivity index (χ0) is 18.1. The van der Waals surface area contributed by atoms with Crippen molar-refractivity contribution in [3.8, 4) is 0 Å². The van der Waals surface area contributed by atoms with Crippen molar-refractivity contribution in [2.24, 2.45) is 0 Å². The Morgan fingerprint density at radius 1 is 1.35 bits per heavy atom. The lowest BCUT2D eigenvalue weighted by Gasteiger charge is -2.21. The first kappa shape index (κ1) is 17.4. The SMILES string of the molecule is Cc1c(C(=O)OC2CCCCC2)sc2ncn(Cc3cccs3)c(=O)c12. The van der Waals surface area contributed by atoms with Crippen LogP contribution in [0.5, 0.6) is 0 Å².